The van der Waals surface area contributed by atoms with Crippen LogP contribution >= 0.6 is 11.3 Å². The van der Waals surface area contributed by atoms with Crippen LogP contribution in [-0.2, 0) is 11.2 Å². The lowest BCUT2D eigenvalue weighted by Crippen LogP contribution is -2.26. The second kappa shape index (κ2) is 7.39. The number of aromatic amines is 1. The highest BCUT2D eigenvalue weighted by Crippen LogP contribution is 2.28. The molecule has 2 aromatic heterocycles. The van der Waals surface area contributed by atoms with Crippen LogP contribution in [0.4, 0.5) is 5.69 Å². The van der Waals surface area contributed by atoms with E-state index in [1.54, 1.807) is 17.4 Å². The first-order chi connectivity index (χ1) is 12.7. The van der Waals surface area contributed by atoms with E-state index in [0.29, 0.717) is 17.1 Å². The fourth-order valence-corrected chi connectivity index (χ4v) is 4.31. The lowest BCUT2D eigenvalue weighted by atomic mass is 9.99. The summed E-state index contributed by atoms with van der Waals surface area (Å²) in [6, 6.07) is 8.65. The summed E-state index contributed by atoms with van der Waals surface area (Å²) in [7, 11) is 0. The molecule has 134 valence electrons. The van der Waals surface area contributed by atoms with Gasteiger partial charge in [0.1, 0.15) is 0 Å². The number of nitrogens with zero attached hydrogens (tertiary/aromatic N) is 1. The van der Waals surface area contributed by atoms with E-state index >= 15 is 0 Å². The number of hydrogen-bond donors (Lipinski definition) is 3. The van der Waals surface area contributed by atoms with Gasteiger partial charge < -0.3 is 15.6 Å². The standard InChI is InChI=1S/C19H20N4O2S/c24-17-5-4-14-15(22-17)2-1-3-16(14)23-18(25)10-13-11-26-19(21-13)12-6-8-20-9-7-12/h1-5,11-12,20H,6-10H2,(H,22,24)(H,23,25). The Morgan fingerprint density at radius 1 is 1.23 bits per heavy atom. The summed E-state index contributed by atoms with van der Waals surface area (Å²) in [6.45, 7) is 2.06. The third-order valence-electron chi connectivity index (χ3n) is 4.64. The molecule has 4 rings (SSSR count). The molecule has 1 aliphatic heterocycles. The summed E-state index contributed by atoms with van der Waals surface area (Å²) < 4.78 is 0. The van der Waals surface area contributed by atoms with Crippen LogP contribution in [0.25, 0.3) is 10.9 Å². The molecule has 1 aromatic carbocycles. The van der Waals surface area contributed by atoms with Gasteiger partial charge in [0.25, 0.3) is 0 Å². The number of carbonyl (C=O) groups is 1. The molecule has 0 atom stereocenters. The Hall–Kier alpha value is -2.51. The largest absolute Gasteiger partial charge is 0.325 e. The van der Waals surface area contributed by atoms with Gasteiger partial charge in [0, 0.05) is 22.8 Å². The Balaban J connectivity index is 1.46. The number of H-pyrrole nitrogens is 1. The summed E-state index contributed by atoms with van der Waals surface area (Å²) in [5, 5.41) is 10.2. The van der Waals surface area contributed by atoms with Gasteiger partial charge in [0.2, 0.25) is 11.5 Å². The zero-order valence-electron chi connectivity index (χ0n) is 14.2. The van der Waals surface area contributed by atoms with Gasteiger partial charge in [0.15, 0.2) is 0 Å². The first-order valence-electron chi connectivity index (χ1n) is 8.76. The average Bonchev–Trinajstić information content (AvgIpc) is 3.11. The number of piperidine rings is 1. The van der Waals surface area contributed by atoms with Gasteiger partial charge >= 0.3 is 0 Å². The maximum absolute atomic E-state index is 12.4. The Morgan fingerprint density at radius 2 is 2.08 bits per heavy atom. The van der Waals surface area contributed by atoms with Crippen molar-refractivity contribution >= 4 is 33.8 Å². The number of carbonyl (C=O) groups excluding carboxylic acids is 1. The Morgan fingerprint density at radius 3 is 2.92 bits per heavy atom. The normalized spacial score (nSPS) is 15.2. The maximum atomic E-state index is 12.4. The van der Waals surface area contributed by atoms with E-state index in [1.807, 2.05) is 23.6 Å². The lowest BCUT2D eigenvalue weighted by molar-refractivity contribution is -0.115. The highest BCUT2D eigenvalue weighted by molar-refractivity contribution is 7.09. The number of rotatable bonds is 4. The number of anilines is 1. The molecule has 0 radical (unpaired) electrons. The van der Waals surface area contributed by atoms with Crippen molar-refractivity contribution in [3.63, 3.8) is 0 Å². The molecule has 0 saturated carbocycles. The van der Waals surface area contributed by atoms with Crippen LogP contribution in [0.2, 0.25) is 0 Å². The van der Waals surface area contributed by atoms with Crippen molar-refractivity contribution in [3.8, 4) is 0 Å². The van der Waals surface area contributed by atoms with Crippen LogP contribution in [0.15, 0.2) is 40.5 Å². The Labute approximate surface area is 154 Å². The van der Waals surface area contributed by atoms with Crippen LogP contribution in [0.5, 0.6) is 0 Å². The van der Waals surface area contributed by atoms with Gasteiger partial charge in [-0.05, 0) is 44.1 Å². The first-order valence-corrected chi connectivity index (χ1v) is 9.64. The van der Waals surface area contributed by atoms with E-state index < -0.39 is 0 Å². The molecule has 3 aromatic rings. The topological polar surface area (TPSA) is 86.9 Å². The van der Waals surface area contributed by atoms with Crippen molar-refractivity contribution in [2.45, 2.75) is 25.2 Å². The smallest absolute Gasteiger partial charge is 0.248 e. The minimum atomic E-state index is -0.158. The summed E-state index contributed by atoms with van der Waals surface area (Å²) >= 11 is 1.65. The molecule has 3 N–H and O–H groups in total. The average molecular weight is 368 g/mol. The number of hydrogen-bond acceptors (Lipinski definition) is 5. The number of pyridine rings is 1. The summed E-state index contributed by atoms with van der Waals surface area (Å²) in [5.41, 5.74) is 2.05. The second-order valence-electron chi connectivity index (χ2n) is 6.52. The van der Waals surface area contributed by atoms with E-state index in [9.17, 15) is 9.59 Å². The van der Waals surface area contributed by atoms with E-state index in [0.717, 1.165) is 42.0 Å². The van der Waals surface area contributed by atoms with Crippen LogP contribution in [-0.4, -0.2) is 29.0 Å². The molecule has 0 aliphatic carbocycles. The minimum Gasteiger partial charge on any atom is -0.325 e. The summed E-state index contributed by atoms with van der Waals surface area (Å²) in [4.78, 5) is 31.3. The molecule has 1 aliphatic rings. The fourth-order valence-electron chi connectivity index (χ4n) is 3.32. The zero-order chi connectivity index (χ0) is 17.9. The molecule has 1 fully saturated rings. The maximum Gasteiger partial charge on any atom is 0.248 e. The minimum absolute atomic E-state index is 0.106. The van der Waals surface area contributed by atoms with Crippen molar-refractivity contribution in [1.82, 2.24) is 15.3 Å². The Kier molecular flexibility index (Phi) is 4.81. The molecule has 26 heavy (non-hydrogen) atoms. The van der Waals surface area contributed by atoms with E-state index in [2.05, 4.69) is 20.6 Å². The second-order valence-corrected chi connectivity index (χ2v) is 7.41. The van der Waals surface area contributed by atoms with Crippen LogP contribution in [0.3, 0.4) is 0 Å². The first kappa shape index (κ1) is 16.9. The molecular weight excluding hydrogens is 348 g/mol. The SMILES string of the molecule is O=C(Cc1csc(C2CCNCC2)n1)Nc1cccc2[nH]c(=O)ccc12. The quantitative estimate of drug-likeness (QED) is 0.661. The van der Waals surface area contributed by atoms with Gasteiger partial charge in [-0.2, -0.15) is 0 Å². The lowest BCUT2D eigenvalue weighted by Gasteiger charge is -2.20. The Bertz CT molecular complexity index is 988. The molecule has 3 heterocycles. The molecule has 6 nitrogen and oxygen atoms in total. The van der Waals surface area contributed by atoms with Gasteiger partial charge in [-0.1, -0.05) is 6.07 Å². The predicted molar refractivity (Wildman–Crippen MR) is 104 cm³/mol. The van der Waals surface area contributed by atoms with Crippen LogP contribution < -0.4 is 16.2 Å². The molecule has 7 heteroatoms. The summed E-state index contributed by atoms with van der Waals surface area (Å²) in [5.74, 6) is 0.402. The van der Waals surface area contributed by atoms with Gasteiger partial charge in [-0.15, -0.1) is 11.3 Å². The molecular formula is C19H20N4O2S. The summed E-state index contributed by atoms with van der Waals surface area (Å²) in [6.07, 6.45) is 2.46. The van der Waals surface area contributed by atoms with Crippen molar-refractivity contribution < 1.29 is 4.79 Å². The molecule has 1 saturated heterocycles. The number of thiazole rings is 1. The van der Waals surface area contributed by atoms with Crippen molar-refractivity contribution in [3.05, 3.63) is 56.8 Å². The number of aromatic nitrogens is 2. The highest BCUT2D eigenvalue weighted by atomic mass is 32.1. The third-order valence-corrected chi connectivity index (χ3v) is 5.70. The van der Waals surface area contributed by atoms with E-state index in [1.165, 1.54) is 6.07 Å². The van der Waals surface area contributed by atoms with Gasteiger partial charge in [-0.25, -0.2) is 4.98 Å². The van der Waals surface area contributed by atoms with Crippen molar-refractivity contribution in [1.29, 1.82) is 0 Å². The third kappa shape index (κ3) is 3.68. The number of fused-ring (bicyclic) bond motifs is 1. The monoisotopic (exact) mass is 368 g/mol. The van der Waals surface area contributed by atoms with Gasteiger partial charge in [0.05, 0.1) is 28.3 Å². The van der Waals surface area contributed by atoms with E-state index in [4.69, 9.17) is 0 Å². The van der Waals surface area contributed by atoms with Crippen molar-refractivity contribution in [2.75, 3.05) is 18.4 Å². The number of benzene rings is 1. The molecule has 1 amide bonds. The number of nitrogens with one attached hydrogen (secondary N) is 3. The highest BCUT2D eigenvalue weighted by Gasteiger charge is 2.19. The molecule has 0 bridgehead atoms. The molecule has 0 spiro atoms. The van der Waals surface area contributed by atoms with Crippen LogP contribution in [0.1, 0.15) is 29.5 Å². The predicted octanol–water partition coefficient (Wildman–Crippen LogP) is 2.63. The van der Waals surface area contributed by atoms with Crippen molar-refractivity contribution in [2.24, 2.45) is 0 Å². The molecule has 0 unspecified atom stereocenters. The fraction of sp³-hybridized carbons (Fsp3) is 0.316. The van der Waals surface area contributed by atoms with Gasteiger partial charge in [-0.3, -0.25) is 9.59 Å². The number of amides is 1. The zero-order valence-corrected chi connectivity index (χ0v) is 15.1. The van der Waals surface area contributed by atoms with Crippen LogP contribution in [0, 0.1) is 0 Å². The van der Waals surface area contributed by atoms with E-state index in [-0.39, 0.29) is 17.9 Å².